The van der Waals surface area contributed by atoms with Gasteiger partial charge in [-0.1, -0.05) is 13.0 Å². The van der Waals surface area contributed by atoms with E-state index in [2.05, 4.69) is 24.9 Å². The summed E-state index contributed by atoms with van der Waals surface area (Å²) in [5, 5.41) is 0. The highest BCUT2D eigenvalue weighted by Crippen LogP contribution is 2.28. The molecule has 1 aliphatic heterocycles. The van der Waals surface area contributed by atoms with Crippen LogP contribution in [0.1, 0.15) is 72.6 Å². The number of rotatable bonds is 13. The number of nitrogens with zero attached hydrogens (tertiary/aromatic N) is 6. The molecule has 2 N–H and O–H groups in total. The summed E-state index contributed by atoms with van der Waals surface area (Å²) in [5.41, 5.74) is -1.00. The summed E-state index contributed by atoms with van der Waals surface area (Å²) in [7, 11) is 1.54. The van der Waals surface area contributed by atoms with Gasteiger partial charge in [0.05, 0.1) is 11.7 Å². The van der Waals surface area contributed by atoms with Crippen LogP contribution in [0.5, 0.6) is 0 Å². The maximum Gasteiger partial charge on any atom is 0.433 e. The zero-order valence-electron chi connectivity index (χ0n) is 26.0. The molecule has 4 aromatic rings. The van der Waals surface area contributed by atoms with E-state index < -0.39 is 35.1 Å². The van der Waals surface area contributed by atoms with Crippen molar-refractivity contribution in [2.75, 3.05) is 31.6 Å². The molecular weight excluding hydrogens is 621 g/mol. The van der Waals surface area contributed by atoms with Crippen LogP contribution >= 0.6 is 0 Å². The van der Waals surface area contributed by atoms with E-state index in [4.69, 9.17) is 4.74 Å². The highest BCUT2D eigenvalue weighted by molar-refractivity contribution is 6.05. The number of imidazole rings is 1. The molecule has 0 bridgehead atoms. The Balaban J connectivity index is 1.33. The first-order chi connectivity index (χ1) is 22.5. The number of H-pyrrole nitrogens is 2. The van der Waals surface area contributed by atoms with Crippen molar-refractivity contribution in [3.8, 4) is 0 Å². The number of aromatic nitrogens is 6. The molecule has 1 atom stereocenters. The monoisotopic (exact) mass is 656 g/mol. The second-order valence-electron chi connectivity index (χ2n) is 11.2. The molecule has 0 aliphatic carbocycles. The summed E-state index contributed by atoms with van der Waals surface area (Å²) in [4.78, 5) is 71.0. The molecule has 5 rings (SSSR count). The predicted octanol–water partition coefficient (Wildman–Crippen LogP) is 3.61. The zero-order valence-corrected chi connectivity index (χ0v) is 26.0. The van der Waals surface area contributed by atoms with Gasteiger partial charge in [-0.15, -0.1) is 0 Å². The van der Waals surface area contributed by atoms with E-state index in [1.54, 1.807) is 23.2 Å². The van der Waals surface area contributed by atoms with E-state index in [1.807, 2.05) is 6.92 Å². The maximum atomic E-state index is 13.5. The van der Waals surface area contributed by atoms with Gasteiger partial charge in [0, 0.05) is 58.5 Å². The molecule has 0 unspecified atom stereocenters. The third-order valence-corrected chi connectivity index (χ3v) is 8.00. The number of hydrogen-bond acceptors (Lipinski definition) is 8. The number of pyridine rings is 2. The number of anilines is 1. The molecule has 0 spiro atoms. The Morgan fingerprint density at radius 3 is 2.51 bits per heavy atom. The first kappa shape index (κ1) is 33.5. The fourth-order valence-electron chi connectivity index (χ4n) is 5.60. The van der Waals surface area contributed by atoms with Gasteiger partial charge in [0.25, 0.3) is 11.5 Å². The summed E-state index contributed by atoms with van der Waals surface area (Å²) in [6, 6.07) is 5.21. The SMILES string of the molecule is CCCn1c(=O)[nH]c(=O)c2[nH]c(CC[C@H](OC)c3ccc(N(CCCN4CCCC4=O)C(=O)c4ccc(C(F)(F)F)nc4)nc3)nc21. The quantitative estimate of drug-likeness (QED) is 0.221. The Labute approximate surface area is 266 Å². The molecule has 16 heteroatoms. The molecular formula is C31H35F3N8O5. The second kappa shape index (κ2) is 14.3. The third-order valence-electron chi connectivity index (χ3n) is 8.00. The zero-order chi connectivity index (χ0) is 33.7. The molecule has 250 valence electrons. The Morgan fingerprint density at radius 2 is 1.89 bits per heavy atom. The number of halogens is 3. The summed E-state index contributed by atoms with van der Waals surface area (Å²) in [6.07, 6.45) is 0.569. The van der Waals surface area contributed by atoms with Crippen LogP contribution in [0.2, 0.25) is 0 Å². The van der Waals surface area contributed by atoms with E-state index in [9.17, 15) is 32.3 Å². The minimum Gasteiger partial charge on any atom is -0.377 e. The van der Waals surface area contributed by atoms with E-state index in [0.29, 0.717) is 63.1 Å². The standard InChI is InChI=1S/C31H35F3N8O5/c1-3-13-42-27-26(28(44)39-30(42)46)37-23(38-27)11-9-21(47-2)19-8-12-24(36-17-19)41(16-5-15-40-14-4-6-25(40)43)29(45)20-7-10-22(35-18-20)31(32,33)34/h7-8,10,12,17-18,21H,3-6,9,11,13-16H2,1-2H3,(H,37,38)(H,39,44,46)/t21-/m0/s1. The molecule has 1 fully saturated rings. The van der Waals surface area contributed by atoms with Gasteiger partial charge >= 0.3 is 11.9 Å². The number of fused-ring (bicyclic) bond motifs is 1. The van der Waals surface area contributed by atoms with E-state index >= 15 is 0 Å². The Morgan fingerprint density at radius 1 is 1.09 bits per heavy atom. The highest BCUT2D eigenvalue weighted by Gasteiger charge is 2.33. The fourth-order valence-corrected chi connectivity index (χ4v) is 5.60. The number of alkyl halides is 3. The van der Waals surface area contributed by atoms with Crippen molar-refractivity contribution in [2.45, 2.75) is 64.3 Å². The summed E-state index contributed by atoms with van der Waals surface area (Å²) in [6.45, 7) is 3.56. The molecule has 47 heavy (non-hydrogen) atoms. The lowest BCUT2D eigenvalue weighted by Gasteiger charge is -2.24. The number of hydrogen-bond donors (Lipinski definition) is 2. The first-order valence-corrected chi connectivity index (χ1v) is 15.3. The van der Waals surface area contributed by atoms with Crippen LogP contribution in [0.4, 0.5) is 19.0 Å². The van der Waals surface area contributed by atoms with Crippen molar-refractivity contribution in [3.63, 3.8) is 0 Å². The number of amides is 2. The molecule has 1 saturated heterocycles. The van der Waals surface area contributed by atoms with E-state index in [-0.39, 0.29) is 35.0 Å². The van der Waals surface area contributed by atoms with Crippen molar-refractivity contribution in [1.82, 2.24) is 34.4 Å². The van der Waals surface area contributed by atoms with E-state index in [0.717, 1.165) is 24.8 Å². The van der Waals surface area contributed by atoms with Gasteiger partial charge in [-0.3, -0.25) is 33.8 Å². The predicted molar refractivity (Wildman–Crippen MR) is 165 cm³/mol. The Bertz CT molecular complexity index is 1830. The summed E-state index contributed by atoms with van der Waals surface area (Å²) >= 11 is 0. The number of carbonyl (C=O) groups is 2. The molecule has 5 heterocycles. The van der Waals surface area contributed by atoms with Crippen LogP contribution in [0, 0.1) is 0 Å². The molecule has 0 saturated carbocycles. The summed E-state index contributed by atoms with van der Waals surface area (Å²) in [5.74, 6) is 0.245. The van der Waals surface area contributed by atoms with Gasteiger partial charge in [-0.05, 0) is 49.4 Å². The van der Waals surface area contributed by atoms with Crippen LogP contribution < -0.4 is 16.1 Å². The third kappa shape index (κ3) is 7.59. The van der Waals surface area contributed by atoms with Crippen molar-refractivity contribution >= 4 is 28.8 Å². The average molecular weight is 657 g/mol. The number of aryl methyl sites for hydroxylation is 2. The minimum absolute atomic E-state index is 0.0371. The molecule has 13 nitrogen and oxygen atoms in total. The number of aromatic amines is 2. The van der Waals surface area contributed by atoms with Gasteiger partial charge in [-0.2, -0.15) is 13.2 Å². The smallest absolute Gasteiger partial charge is 0.377 e. The second-order valence-corrected chi connectivity index (χ2v) is 11.2. The summed E-state index contributed by atoms with van der Waals surface area (Å²) < 4.78 is 46.3. The van der Waals surface area contributed by atoms with Gasteiger partial charge in [-0.25, -0.2) is 14.8 Å². The Hall–Kier alpha value is -4.86. The van der Waals surface area contributed by atoms with Crippen molar-refractivity contribution in [2.24, 2.45) is 0 Å². The van der Waals surface area contributed by atoms with E-state index in [1.165, 1.54) is 16.6 Å². The topological polar surface area (TPSA) is 159 Å². The Kier molecular flexibility index (Phi) is 10.2. The number of ether oxygens (including phenoxy) is 1. The lowest BCUT2D eigenvalue weighted by molar-refractivity contribution is -0.141. The van der Waals surface area contributed by atoms with Crippen LogP contribution in [0.15, 0.2) is 46.2 Å². The fraction of sp³-hybridized carbons (Fsp3) is 0.452. The van der Waals surface area contributed by atoms with Crippen LogP contribution in [-0.2, 0) is 28.7 Å². The first-order valence-electron chi connectivity index (χ1n) is 15.3. The van der Waals surface area contributed by atoms with Crippen molar-refractivity contribution < 1.29 is 27.5 Å². The van der Waals surface area contributed by atoms with Gasteiger partial charge in [0.1, 0.15) is 22.9 Å². The number of methoxy groups -OCH3 is 1. The molecule has 4 aromatic heterocycles. The van der Waals surface area contributed by atoms with Gasteiger partial charge in [0.15, 0.2) is 5.65 Å². The number of likely N-dealkylation sites (tertiary alicyclic amines) is 1. The number of nitrogens with one attached hydrogen (secondary N) is 2. The highest BCUT2D eigenvalue weighted by atomic mass is 19.4. The van der Waals surface area contributed by atoms with Crippen molar-refractivity contribution in [3.05, 3.63) is 80.1 Å². The van der Waals surface area contributed by atoms with Crippen LogP contribution in [0.3, 0.4) is 0 Å². The molecule has 1 aliphatic rings. The van der Waals surface area contributed by atoms with Gasteiger partial charge < -0.3 is 14.6 Å². The van der Waals surface area contributed by atoms with Crippen LogP contribution in [-0.4, -0.2) is 72.9 Å². The largest absolute Gasteiger partial charge is 0.433 e. The molecule has 0 aromatic carbocycles. The van der Waals surface area contributed by atoms with Crippen LogP contribution in [0.25, 0.3) is 11.2 Å². The lowest BCUT2D eigenvalue weighted by Crippen LogP contribution is -2.35. The molecule has 2 amide bonds. The van der Waals surface area contributed by atoms with Gasteiger partial charge in [0.2, 0.25) is 5.91 Å². The maximum absolute atomic E-state index is 13.5. The minimum atomic E-state index is -4.64. The molecule has 0 radical (unpaired) electrons. The van der Waals surface area contributed by atoms with Crippen molar-refractivity contribution in [1.29, 1.82) is 0 Å². The average Bonchev–Trinajstić information content (AvgIpc) is 3.67. The normalized spacial score (nSPS) is 14.2. The number of carbonyl (C=O) groups excluding carboxylic acids is 2. The lowest BCUT2D eigenvalue weighted by atomic mass is 10.1.